The van der Waals surface area contributed by atoms with Gasteiger partial charge in [-0.15, -0.1) is 0 Å². The summed E-state index contributed by atoms with van der Waals surface area (Å²) in [6, 6.07) is 18.2. The lowest BCUT2D eigenvalue weighted by Gasteiger charge is -2.23. The molecule has 6 rings (SSSR count). The molecule has 6 heteroatoms. The Hall–Kier alpha value is -2.95. The van der Waals surface area contributed by atoms with Crippen LogP contribution in [0.4, 0.5) is 0 Å². The van der Waals surface area contributed by atoms with Crippen molar-refractivity contribution >= 4 is 39.6 Å². The van der Waals surface area contributed by atoms with Crippen molar-refractivity contribution in [2.75, 3.05) is 0 Å². The third-order valence-corrected chi connectivity index (χ3v) is 6.70. The average molecular weight is 445 g/mol. The van der Waals surface area contributed by atoms with Crippen LogP contribution in [0.25, 0.3) is 38.9 Å². The van der Waals surface area contributed by atoms with Crippen molar-refractivity contribution in [2.45, 2.75) is 25.2 Å². The van der Waals surface area contributed by atoms with Gasteiger partial charge in [-0.25, -0.2) is 15.0 Å². The lowest BCUT2D eigenvalue weighted by Crippen LogP contribution is -2.12. The van der Waals surface area contributed by atoms with Gasteiger partial charge in [-0.1, -0.05) is 66.0 Å². The fourth-order valence-corrected chi connectivity index (χ4v) is 4.76. The number of imidazole rings is 1. The zero-order chi connectivity index (χ0) is 20.9. The SMILES string of the molecule is Clc1cc2ccc(-c3ccccc3)nc2cc1-c1nc(C2CCC2)n2ccnc(Cl)c12. The number of nitrogens with zero attached hydrogens (tertiary/aromatic N) is 4. The van der Waals surface area contributed by atoms with E-state index in [1.54, 1.807) is 6.20 Å². The molecular weight excluding hydrogens is 427 g/mol. The van der Waals surface area contributed by atoms with E-state index < -0.39 is 0 Å². The summed E-state index contributed by atoms with van der Waals surface area (Å²) in [5, 5.41) is 2.04. The van der Waals surface area contributed by atoms with Crippen LogP contribution < -0.4 is 0 Å². The molecule has 0 amide bonds. The minimum absolute atomic E-state index is 0.428. The molecule has 152 valence electrons. The van der Waals surface area contributed by atoms with Gasteiger partial charge < -0.3 is 0 Å². The number of pyridine rings is 1. The number of rotatable bonds is 3. The smallest absolute Gasteiger partial charge is 0.155 e. The molecule has 0 saturated heterocycles. The van der Waals surface area contributed by atoms with E-state index in [1.165, 1.54) is 6.42 Å². The largest absolute Gasteiger partial charge is 0.299 e. The fourth-order valence-electron chi connectivity index (χ4n) is 4.26. The second-order valence-corrected chi connectivity index (χ2v) is 8.74. The van der Waals surface area contributed by atoms with Gasteiger partial charge in [0.25, 0.3) is 0 Å². The highest BCUT2D eigenvalue weighted by molar-refractivity contribution is 6.36. The first kappa shape index (κ1) is 18.8. The van der Waals surface area contributed by atoms with Crippen LogP contribution in [0.15, 0.2) is 67.0 Å². The first-order chi connectivity index (χ1) is 15.2. The molecule has 0 N–H and O–H groups in total. The lowest BCUT2D eigenvalue weighted by molar-refractivity contribution is 0.400. The maximum Gasteiger partial charge on any atom is 0.155 e. The Kier molecular flexibility index (Phi) is 4.44. The minimum atomic E-state index is 0.428. The van der Waals surface area contributed by atoms with Gasteiger partial charge in [-0.3, -0.25) is 4.40 Å². The summed E-state index contributed by atoms with van der Waals surface area (Å²) in [6.07, 6.45) is 7.18. The Balaban J connectivity index is 1.57. The van der Waals surface area contributed by atoms with Crippen molar-refractivity contribution in [2.24, 2.45) is 0 Å². The Labute approximate surface area is 189 Å². The van der Waals surface area contributed by atoms with Crippen molar-refractivity contribution in [1.82, 2.24) is 19.4 Å². The summed E-state index contributed by atoms with van der Waals surface area (Å²) in [5.74, 6) is 1.48. The van der Waals surface area contributed by atoms with E-state index in [1.807, 2.05) is 42.6 Å². The molecule has 1 fully saturated rings. The van der Waals surface area contributed by atoms with Crippen molar-refractivity contribution in [3.63, 3.8) is 0 Å². The summed E-state index contributed by atoms with van der Waals surface area (Å²) < 4.78 is 2.07. The van der Waals surface area contributed by atoms with E-state index in [2.05, 4.69) is 27.6 Å². The minimum Gasteiger partial charge on any atom is -0.299 e. The van der Waals surface area contributed by atoms with Crippen LogP contribution in [-0.2, 0) is 0 Å². The maximum absolute atomic E-state index is 6.74. The summed E-state index contributed by atoms with van der Waals surface area (Å²) in [7, 11) is 0. The summed E-state index contributed by atoms with van der Waals surface area (Å²) in [6.45, 7) is 0. The monoisotopic (exact) mass is 444 g/mol. The van der Waals surface area contributed by atoms with E-state index in [0.717, 1.165) is 57.6 Å². The van der Waals surface area contributed by atoms with Gasteiger partial charge in [-0.05, 0) is 31.0 Å². The molecular formula is C25H18Cl2N4. The molecule has 2 aromatic carbocycles. The Morgan fingerprint density at radius 2 is 1.77 bits per heavy atom. The first-order valence-electron chi connectivity index (χ1n) is 10.4. The van der Waals surface area contributed by atoms with Gasteiger partial charge in [0.2, 0.25) is 0 Å². The van der Waals surface area contributed by atoms with Crippen LogP contribution in [0.3, 0.4) is 0 Å². The van der Waals surface area contributed by atoms with Gasteiger partial charge in [-0.2, -0.15) is 0 Å². The first-order valence-corrected chi connectivity index (χ1v) is 11.1. The van der Waals surface area contributed by atoms with Gasteiger partial charge >= 0.3 is 0 Å². The molecule has 0 bridgehead atoms. The van der Waals surface area contributed by atoms with Crippen LogP contribution in [-0.4, -0.2) is 19.4 Å². The second kappa shape index (κ2) is 7.33. The molecule has 0 spiro atoms. The highest BCUT2D eigenvalue weighted by Gasteiger charge is 2.27. The number of benzene rings is 2. The molecule has 0 radical (unpaired) electrons. The molecule has 1 aliphatic carbocycles. The van der Waals surface area contributed by atoms with Crippen molar-refractivity contribution in [1.29, 1.82) is 0 Å². The molecule has 3 heterocycles. The average Bonchev–Trinajstić information content (AvgIpc) is 3.12. The number of hydrogen-bond donors (Lipinski definition) is 0. The number of fused-ring (bicyclic) bond motifs is 2. The highest BCUT2D eigenvalue weighted by atomic mass is 35.5. The van der Waals surface area contributed by atoms with Crippen LogP contribution in [0.5, 0.6) is 0 Å². The van der Waals surface area contributed by atoms with Crippen LogP contribution in [0.2, 0.25) is 10.2 Å². The van der Waals surface area contributed by atoms with Crippen LogP contribution >= 0.6 is 23.2 Å². The fraction of sp³-hybridized carbons (Fsp3) is 0.160. The predicted octanol–water partition coefficient (Wildman–Crippen LogP) is 7.19. The number of hydrogen-bond acceptors (Lipinski definition) is 3. The van der Waals surface area contributed by atoms with E-state index in [-0.39, 0.29) is 0 Å². The second-order valence-electron chi connectivity index (χ2n) is 7.97. The van der Waals surface area contributed by atoms with Crippen molar-refractivity contribution < 1.29 is 0 Å². The Morgan fingerprint density at radius 3 is 2.55 bits per heavy atom. The van der Waals surface area contributed by atoms with Gasteiger partial charge in [0.1, 0.15) is 17.0 Å². The van der Waals surface area contributed by atoms with E-state index in [9.17, 15) is 0 Å². The molecule has 4 nitrogen and oxygen atoms in total. The van der Waals surface area contributed by atoms with Gasteiger partial charge in [0.15, 0.2) is 5.15 Å². The summed E-state index contributed by atoms with van der Waals surface area (Å²) in [4.78, 5) is 14.2. The molecule has 0 unspecified atom stereocenters. The predicted molar refractivity (Wildman–Crippen MR) is 126 cm³/mol. The molecule has 0 aliphatic heterocycles. The molecule has 1 aliphatic rings. The quantitative estimate of drug-likeness (QED) is 0.295. The maximum atomic E-state index is 6.74. The standard InChI is InChI=1S/C25H18Cl2N4/c26-19-13-17-9-10-20(15-5-2-1-3-6-15)29-21(17)14-18(19)22-23-24(27)28-11-12-31(23)25(30-22)16-7-4-8-16/h1-3,5-6,9-14,16H,4,7-8H2. The van der Waals surface area contributed by atoms with Crippen molar-refractivity contribution in [3.8, 4) is 22.5 Å². The van der Waals surface area contributed by atoms with E-state index in [0.29, 0.717) is 16.1 Å². The van der Waals surface area contributed by atoms with E-state index in [4.69, 9.17) is 33.2 Å². The van der Waals surface area contributed by atoms with Crippen LogP contribution in [0.1, 0.15) is 31.0 Å². The molecule has 1 saturated carbocycles. The topological polar surface area (TPSA) is 43.1 Å². The van der Waals surface area contributed by atoms with E-state index >= 15 is 0 Å². The van der Waals surface area contributed by atoms with Gasteiger partial charge in [0.05, 0.1) is 16.2 Å². The molecule has 0 atom stereocenters. The van der Waals surface area contributed by atoms with Gasteiger partial charge in [0, 0.05) is 34.8 Å². The number of aromatic nitrogens is 4. The summed E-state index contributed by atoms with van der Waals surface area (Å²) in [5.41, 5.74) is 5.25. The highest BCUT2D eigenvalue weighted by Crippen LogP contribution is 2.41. The zero-order valence-corrected chi connectivity index (χ0v) is 18.1. The Morgan fingerprint density at radius 1 is 0.935 bits per heavy atom. The lowest BCUT2D eigenvalue weighted by atomic mass is 9.85. The normalized spacial score (nSPS) is 14.3. The molecule has 5 aromatic rings. The van der Waals surface area contributed by atoms with Crippen molar-refractivity contribution in [3.05, 3.63) is 83.0 Å². The van der Waals surface area contributed by atoms with Crippen LogP contribution in [0, 0.1) is 0 Å². The third kappa shape index (κ3) is 3.10. The third-order valence-electron chi connectivity index (χ3n) is 6.11. The summed E-state index contributed by atoms with van der Waals surface area (Å²) >= 11 is 13.3. The number of halogens is 2. The zero-order valence-electron chi connectivity index (χ0n) is 16.6. The Bertz CT molecular complexity index is 1440. The molecule has 31 heavy (non-hydrogen) atoms. The molecule has 3 aromatic heterocycles.